The van der Waals surface area contributed by atoms with Gasteiger partial charge in [-0.25, -0.2) is 4.79 Å². The maximum atomic E-state index is 11.7. The summed E-state index contributed by atoms with van der Waals surface area (Å²) < 4.78 is 4.91. The predicted octanol–water partition coefficient (Wildman–Crippen LogP) is 2.40. The molecule has 17 heavy (non-hydrogen) atoms. The molecule has 0 aromatic rings. The average Bonchev–Trinajstić information content (AvgIpc) is 2.32. The van der Waals surface area contributed by atoms with Crippen LogP contribution in [0.1, 0.15) is 47.0 Å². The van der Waals surface area contributed by atoms with Crippen LogP contribution >= 0.6 is 0 Å². The highest BCUT2D eigenvalue weighted by Crippen LogP contribution is 2.20. The number of amides is 1. The number of esters is 1. The summed E-state index contributed by atoms with van der Waals surface area (Å²) in [5, 5.41) is 2.45. The van der Waals surface area contributed by atoms with Gasteiger partial charge in [-0.2, -0.15) is 0 Å². The topological polar surface area (TPSA) is 55.4 Å². The van der Waals surface area contributed by atoms with Gasteiger partial charge in [-0.15, -0.1) is 0 Å². The van der Waals surface area contributed by atoms with Crippen molar-refractivity contribution in [1.29, 1.82) is 0 Å². The van der Waals surface area contributed by atoms with Gasteiger partial charge in [0.05, 0.1) is 6.61 Å². The molecule has 0 radical (unpaired) electrons. The second-order valence-electron chi connectivity index (χ2n) is 4.08. The van der Waals surface area contributed by atoms with E-state index in [-0.39, 0.29) is 11.6 Å². The van der Waals surface area contributed by atoms with Crippen LogP contribution in [-0.2, 0) is 14.3 Å². The van der Waals surface area contributed by atoms with Gasteiger partial charge in [0.1, 0.15) is 5.70 Å². The highest BCUT2D eigenvalue weighted by Gasteiger charge is 2.17. The van der Waals surface area contributed by atoms with E-state index in [1.54, 1.807) is 6.92 Å². The van der Waals surface area contributed by atoms with Crippen LogP contribution in [0, 0.1) is 5.92 Å². The van der Waals surface area contributed by atoms with Gasteiger partial charge in [0, 0.05) is 0 Å². The zero-order valence-electron chi connectivity index (χ0n) is 11.2. The number of rotatable bonds is 8. The fraction of sp³-hybridized carbons (Fsp3) is 0.692. The Morgan fingerprint density at radius 2 is 2.06 bits per heavy atom. The SMILES string of the molecule is CCCC[C@H](C)/C(C)=C(\NC=O)C(=O)OCC. The summed E-state index contributed by atoms with van der Waals surface area (Å²) in [6.45, 7) is 8.09. The van der Waals surface area contributed by atoms with Crippen molar-refractivity contribution in [3.05, 3.63) is 11.3 Å². The van der Waals surface area contributed by atoms with Crippen LogP contribution in [0.15, 0.2) is 11.3 Å². The Labute approximate surface area is 103 Å². The van der Waals surface area contributed by atoms with E-state index in [9.17, 15) is 9.59 Å². The van der Waals surface area contributed by atoms with Crippen molar-refractivity contribution in [1.82, 2.24) is 5.32 Å². The molecule has 0 heterocycles. The van der Waals surface area contributed by atoms with Gasteiger partial charge in [-0.1, -0.05) is 26.7 Å². The molecule has 4 heteroatoms. The van der Waals surface area contributed by atoms with Gasteiger partial charge in [-0.3, -0.25) is 4.79 Å². The molecule has 0 unspecified atom stereocenters. The first-order valence-electron chi connectivity index (χ1n) is 6.16. The molecule has 1 amide bonds. The van der Waals surface area contributed by atoms with E-state index in [1.807, 2.05) is 6.92 Å². The minimum absolute atomic E-state index is 0.266. The molecule has 1 atom stereocenters. The highest BCUT2D eigenvalue weighted by molar-refractivity contribution is 5.91. The molecule has 0 aliphatic heterocycles. The molecular weight excluding hydrogens is 218 g/mol. The Morgan fingerprint density at radius 1 is 1.41 bits per heavy atom. The summed E-state index contributed by atoms with van der Waals surface area (Å²) in [5.74, 6) is -0.192. The van der Waals surface area contributed by atoms with Gasteiger partial charge in [0.25, 0.3) is 0 Å². The van der Waals surface area contributed by atoms with Gasteiger partial charge < -0.3 is 10.1 Å². The average molecular weight is 241 g/mol. The first kappa shape index (κ1) is 15.7. The minimum Gasteiger partial charge on any atom is -0.461 e. The molecule has 98 valence electrons. The fourth-order valence-electron chi connectivity index (χ4n) is 1.57. The molecule has 0 fully saturated rings. The summed E-state index contributed by atoms with van der Waals surface area (Å²) >= 11 is 0. The number of carbonyl (C=O) groups is 2. The van der Waals surface area contributed by atoms with Crippen molar-refractivity contribution in [3.8, 4) is 0 Å². The molecule has 1 N–H and O–H groups in total. The maximum Gasteiger partial charge on any atom is 0.354 e. The summed E-state index contributed by atoms with van der Waals surface area (Å²) in [6.07, 6.45) is 3.75. The zero-order valence-corrected chi connectivity index (χ0v) is 11.2. The summed E-state index contributed by atoms with van der Waals surface area (Å²) in [7, 11) is 0. The minimum atomic E-state index is -0.458. The lowest BCUT2D eigenvalue weighted by molar-refractivity contribution is -0.139. The standard InChI is InChI=1S/C13H23NO3/c1-5-7-8-10(3)11(4)12(14-9-15)13(16)17-6-2/h9-10H,5-8H2,1-4H3,(H,14,15)/b12-11-/t10-/m0/s1. The highest BCUT2D eigenvalue weighted by atomic mass is 16.5. The number of ether oxygens (including phenoxy) is 1. The van der Waals surface area contributed by atoms with Gasteiger partial charge in [0.15, 0.2) is 0 Å². The van der Waals surface area contributed by atoms with Gasteiger partial charge in [-0.05, 0) is 31.8 Å². The quantitative estimate of drug-likeness (QED) is 0.403. The number of allylic oxidation sites excluding steroid dienone is 1. The molecule has 4 nitrogen and oxygen atoms in total. The lowest BCUT2D eigenvalue weighted by Crippen LogP contribution is -2.24. The molecule has 0 rings (SSSR count). The molecule has 0 aromatic carbocycles. The second kappa shape index (κ2) is 8.79. The Bertz CT molecular complexity index is 284. The fourth-order valence-corrected chi connectivity index (χ4v) is 1.57. The van der Waals surface area contributed by atoms with E-state index in [2.05, 4.69) is 19.2 Å². The van der Waals surface area contributed by atoms with Crippen LogP contribution in [-0.4, -0.2) is 19.0 Å². The van der Waals surface area contributed by atoms with E-state index in [0.29, 0.717) is 13.0 Å². The first-order valence-corrected chi connectivity index (χ1v) is 6.16. The Balaban J connectivity index is 4.82. The van der Waals surface area contributed by atoms with Crippen LogP contribution in [0.3, 0.4) is 0 Å². The molecule has 0 aliphatic carbocycles. The number of nitrogens with one attached hydrogen (secondary N) is 1. The molecule has 0 saturated heterocycles. The van der Waals surface area contributed by atoms with Crippen LogP contribution in [0.5, 0.6) is 0 Å². The Hall–Kier alpha value is -1.32. The van der Waals surface area contributed by atoms with E-state index in [1.165, 1.54) is 0 Å². The molecule has 0 bridgehead atoms. The lowest BCUT2D eigenvalue weighted by Gasteiger charge is -2.16. The van der Waals surface area contributed by atoms with Gasteiger partial charge >= 0.3 is 5.97 Å². The lowest BCUT2D eigenvalue weighted by atomic mass is 9.95. The van der Waals surface area contributed by atoms with Crippen molar-refractivity contribution in [2.45, 2.75) is 47.0 Å². The van der Waals surface area contributed by atoms with Crippen LogP contribution < -0.4 is 5.32 Å². The van der Waals surface area contributed by atoms with E-state index >= 15 is 0 Å². The van der Waals surface area contributed by atoms with E-state index in [0.717, 1.165) is 24.8 Å². The number of hydrogen-bond donors (Lipinski definition) is 1. The van der Waals surface area contributed by atoms with Crippen LogP contribution in [0.4, 0.5) is 0 Å². The van der Waals surface area contributed by atoms with Crippen LogP contribution in [0.2, 0.25) is 0 Å². The van der Waals surface area contributed by atoms with Gasteiger partial charge in [0.2, 0.25) is 6.41 Å². The summed E-state index contributed by atoms with van der Waals surface area (Å²) in [4.78, 5) is 22.2. The third-order valence-electron chi connectivity index (χ3n) is 2.81. The van der Waals surface area contributed by atoms with Crippen molar-refractivity contribution < 1.29 is 14.3 Å². The third kappa shape index (κ3) is 5.52. The number of hydrogen-bond acceptors (Lipinski definition) is 3. The first-order chi connectivity index (χ1) is 8.08. The van der Waals surface area contributed by atoms with E-state index in [4.69, 9.17) is 4.74 Å². The zero-order chi connectivity index (χ0) is 13.3. The molecule has 0 spiro atoms. The van der Waals surface area contributed by atoms with E-state index < -0.39 is 5.97 Å². The van der Waals surface area contributed by atoms with Crippen molar-refractivity contribution >= 4 is 12.4 Å². The summed E-state index contributed by atoms with van der Waals surface area (Å²) in [5.41, 5.74) is 1.16. The number of carbonyl (C=O) groups excluding carboxylic acids is 2. The smallest absolute Gasteiger partial charge is 0.354 e. The number of unbranched alkanes of at least 4 members (excludes halogenated alkanes) is 1. The predicted molar refractivity (Wildman–Crippen MR) is 67.2 cm³/mol. The largest absolute Gasteiger partial charge is 0.461 e. The molecule has 0 saturated carbocycles. The molecule has 0 aliphatic rings. The normalized spacial score (nSPS) is 13.6. The van der Waals surface area contributed by atoms with Crippen molar-refractivity contribution in [2.75, 3.05) is 6.61 Å². The van der Waals surface area contributed by atoms with Crippen LogP contribution in [0.25, 0.3) is 0 Å². The summed E-state index contributed by atoms with van der Waals surface area (Å²) in [6, 6.07) is 0. The monoisotopic (exact) mass is 241 g/mol. The Morgan fingerprint density at radius 3 is 2.53 bits per heavy atom. The van der Waals surface area contributed by atoms with Crippen molar-refractivity contribution in [2.24, 2.45) is 5.92 Å². The second-order valence-corrected chi connectivity index (χ2v) is 4.08. The maximum absolute atomic E-state index is 11.7. The third-order valence-corrected chi connectivity index (χ3v) is 2.81. The van der Waals surface area contributed by atoms with Crippen molar-refractivity contribution in [3.63, 3.8) is 0 Å². The Kier molecular flexibility index (Phi) is 8.11. The molecule has 0 aromatic heterocycles. The molecular formula is C13H23NO3.